The van der Waals surface area contributed by atoms with Crippen molar-refractivity contribution in [2.24, 2.45) is 0 Å². The number of rotatable bonds is 7. The van der Waals surface area contributed by atoms with Gasteiger partial charge in [-0.1, -0.05) is 0 Å². The molecular formula is C23H33N5O4S. The Morgan fingerprint density at radius 1 is 1.21 bits per heavy atom. The van der Waals surface area contributed by atoms with Crippen LogP contribution in [0.3, 0.4) is 0 Å². The molecule has 1 aliphatic heterocycles. The zero-order chi connectivity index (χ0) is 24.0. The fourth-order valence-electron chi connectivity index (χ4n) is 3.66. The Morgan fingerprint density at radius 2 is 1.88 bits per heavy atom. The van der Waals surface area contributed by atoms with Gasteiger partial charge >= 0.3 is 6.09 Å². The highest BCUT2D eigenvalue weighted by atomic mass is 32.1. The van der Waals surface area contributed by atoms with Crippen molar-refractivity contribution in [2.75, 3.05) is 19.7 Å². The highest BCUT2D eigenvalue weighted by Gasteiger charge is 2.27. The maximum atomic E-state index is 12.6. The van der Waals surface area contributed by atoms with Crippen molar-refractivity contribution in [3.8, 4) is 17.1 Å². The number of aromatic amines is 1. The molecule has 2 aromatic rings. The van der Waals surface area contributed by atoms with Gasteiger partial charge in [0.1, 0.15) is 11.4 Å². The molecule has 1 aliphatic rings. The molecule has 1 aromatic heterocycles. The van der Waals surface area contributed by atoms with Crippen LogP contribution in [-0.4, -0.2) is 63.0 Å². The molecule has 2 N–H and O–H groups in total. The summed E-state index contributed by atoms with van der Waals surface area (Å²) in [7, 11) is 0. The largest absolute Gasteiger partial charge is 0.494 e. The Balaban J connectivity index is 1.50. The summed E-state index contributed by atoms with van der Waals surface area (Å²) in [5, 5.41) is 10.2. The molecule has 0 atom stereocenters. The van der Waals surface area contributed by atoms with E-state index in [1.807, 2.05) is 56.5 Å². The maximum Gasteiger partial charge on any atom is 0.410 e. The van der Waals surface area contributed by atoms with Crippen molar-refractivity contribution in [1.82, 2.24) is 25.0 Å². The third kappa shape index (κ3) is 7.05. The third-order valence-corrected chi connectivity index (χ3v) is 5.57. The highest BCUT2D eigenvalue weighted by molar-refractivity contribution is 7.71. The number of hydrogen-bond donors (Lipinski definition) is 2. The second-order valence-corrected chi connectivity index (χ2v) is 9.41. The van der Waals surface area contributed by atoms with Crippen LogP contribution in [0.4, 0.5) is 4.79 Å². The summed E-state index contributed by atoms with van der Waals surface area (Å²) >= 11 is 5.37. The quantitative estimate of drug-likeness (QED) is 0.589. The van der Waals surface area contributed by atoms with Gasteiger partial charge in [-0.15, -0.1) is 0 Å². The van der Waals surface area contributed by atoms with E-state index in [1.165, 1.54) is 0 Å². The van der Waals surface area contributed by atoms with Gasteiger partial charge in [0.15, 0.2) is 10.6 Å². The van der Waals surface area contributed by atoms with Crippen LogP contribution in [0.15, 0.2) is 24.3 Å². The number of carbonyl (C=O) groups excluding carboxylic acids is 2. The first-order chi connectivity index (χ1) is 15.7. The number of piperidine rings is 1. The van der Waals surface area contributed by atoms with Gasteiger partial charge < -0.3 is 19.7 Å². The van der Waals surface area contributed by atoms with Crippen LogP contribution < -0.4 is 10.1 Å². The van der Waals surface area contributed by atoms with Crippen LogP contribution in [0.25, 0.3) is 11.4 Å². The second kappa shape index (κ2) is 10.8. The summed E-state index contributed by atoms with van der Waals surface area (Å²) in [4.78, 5) is 26.5. The molecule has 1 saturated heterocycles. The SMILES string of the molecule is CCOc1ccc(-c2n[nH]c(=S)n2CCC(=O)NC2CCN(C(=O)OC(C)(C)C)CC2)cc1. The van der Waals surface area contributed by atoms with Gasteiger partial charge in [0, 0.05) is 37.7 Å². The van der Waals surface area contributed by atoms with Crippen LogP contribution in [0, 0.1) is 4.77 Å². The monoisotopic (exact) mass is 475 g/mol. The van der Waals surface area contributed by atoms with Gasteiger partial charge in [0.25, 0.3) is 0 Å². The van der Waals surface area contributed by atoms with Crippen molar-refractivity contribution in [1.29, 1.82) is 0 Å². The summed E-state index contributed by atoms with van der Waals surface area (Å²) < 4.78 is 13.2. The van der Waals surface area contributed by atoms with Crippen LogP contribution in [-0.2, 0) is 16.1 Å². The average molecular weight is 476 g/mol. The molecule has 10 heteroatoms. The van der Waals surface area contributed by atoms with Crippen molar-refractivity contribution in [3.05, 3.63) is 29.0 Å². The fraction of sp³-hybridized carbons (Fsp3) is 0.565. The summed E-state index contributed by atoms with van der Waals surface area (Å²) in [6, 6.07) is 7.66. The number of benzene rings is 1. The Bertz CT molecular complexity index is 1000. The first-order valence-corrected chi connectivity index (χ1v) is 11.7. The number of H-pyrrole nitrogens is 1. The molecule has 2 amide bonds. The van der Waals surface area contributed by atoms with E-state index in [1.54, 1.807) is 4.90 Å². The van der Waals surface area contributed by atoms with Gasteiger partial charge in [0.05, 0.1) is 6.61 Å². The Kier molecular flexibility index (Phi) is 8.12. The molecule has 2 heterocycles. The minimum atomic E-state index is -0.513. The summed E-state index contributed by atoms with van der Waals surface area (Å²) in [6.07, 6.45) is 1.38. The summed E-state index contributed by atoms with van der Waals surface area (Å²) in [5.74, 6) is 1.42. The number of ether oxygens (including phenoxy) is 2. The topological polar surface area (TPSA) is 101 Å². The van der Waals surface area contributed by atoms with Crippen LogP contribution in [0.2, 0.25) is 0 Å². The molecule has 3 rings (SSSR count). The average Bonchev–Trinajstić information content (AvgIpc) is 3.12. The predicted octanol–water partition coefficient (Wildman–Crippen LogP) is 3.91. The number of amides is 2. The Morgan fingerprint density at radius 3 is 2.48 bits per heavy atom. The van der Waals surface area contributed by atoms with Gasteiger partial charge in [-0.25, -0.2) is 4.79 Å². The molecule has 9 nitrogen and oxygen atoms in total. The lowest BCUT2D eigenvalue weighted by Gasteiger charge is -2.33. The normalized spacial score (nSPS) is 14.7. The lowest BCUT2D eigenvalue weighted by molar-refractivity contribution is -0.122. The van der Waals surface area contributed by atoms with Crippen molar-refractivity contribution >= 4 is 24.2 Å². The molecule has 0 bridgehead atoms. The standard InChI is InChI=1S/C23H33N5O4S/c1-5-31-18-8-6-16(7-9-18)20-25-26-21(33)28(20)15-12-19(29)24-17-10-13-27(14-11-17)22(30)32-23(2,3)4/h6-9,17H,5,10-15H2,1-4H3,(H,24,29)(H,26,33). The van der Waals surface area contributed by atoms with Crippen molar-refractivity contribution in [3.63, 3.8) is 0 Å². The number of likely N-dealkylation sites (tertiary alicyclic amines) is 1. The molecular weight excluding hydrogens is 442 g/mol. The number of carbonyl (C=O) groups is 2. The highest BCUT2D eigenvalue weighted by Crippen LogP contribution is 2.21. The van der Waals surface area contributed by atoms with Crippen LogP contribution in [0.5, 0.6) is 5.75 Å². The fourth-order valence-corrected chi connectivity index (χ4v) is 3.88. The molecule has 0 aliphatic carbocycles. The van der Waals surface area contributed by atoms with E-state index in [9.17, 15) is 9.59 Å². The molecule has 1 aromatic carbocycles. The lowest BCUT2D eigenvalue weighted by Crippen LogP contribution is -2.47. The maximum absolute atomic E-state index is 12.6. The first-order valence-electron chi connectivity index (χ1n) is 11.3. The molecule has 1 fully saturated rings. The predicted molar refractivity (Wildman–Crippen MR) is 128 cm³/mol. The third-order valence-electron chi connectivity index (χ3n) is 5.26. The van der Waals surface area contributed by atoms with Crippen molar-refractivity contribution < 1.29 is 19.1 Å². The van der Waals surface area contributed by atoms with E-state index in [2.05, 4.69) is 15.5 Å². The van der Waals surface area contributed by atoms with Crippen molar-refractivity contribution in [2.45, 2.75) is 65.1 Å². The van der Waals surface area contributed by atoms with E-state index in [-0.39, 0.29) is 24.5 Å². The molecule has 180 valence electrons. The smallest absolute Gasteiger partial charge is 0.410 e. The van der Waals surface area contributed by atoms with E-state index in [0.29, 0.717) is 49.7 Å². The molecule has 0 radical (unpaired) electrons. The minimum Gasteiger partial charge on any atom is -0.494 e. The Labute approximate surface area is 199 Å². The van der Waals surface area contributed by atoms with E-state index >= 15 is 0 Å². The molecule has 33 heavy (non-hydrogen) atoms. The van der Waals surface area contributed by atoms with Gasteiger partial charge in [-0.2, -0.15) is 5.10 Å². The summed E-state index contributed by atoms with van der Waals surface area (Å²) in [6.45, 7) is 9.65. The summed E-state index contributed by atoms with van der Waals surface area (Å²) in [5.41, 5.74) is 0.376. The zero-order valence-corrected chi connectivity index (χ0v) is 20.5. The zero-order valence-electron chi connectivity index (χ0n) is 19.7. The van der Waals surface area contributed by atoms with Gasteiger partial charge in [-0.3, -0.25) is 14.5 Å². The first kappa shape index (κ1) is 24.8. The van der Waals surface area contributed by atoms with E-state index < -0.39 is 5.60 Å². The van der Waals surface area contributed by atoms with Crippen LogP contribution >= 0.6 is 12.2 Å². The number of nitrogens with one attached hydrogen (secondary N) is 2. The van der Waals surface area contributed by atoms with E-state index in [0.717, 1.165) is 11.3 Å². The van der Waals surface area contributed by atoms with E-state index in [4.69, 9.17) is 21.7 Å². The van der Waals surface area contributed by atoms with Gasteiger partial charge in [-0.05, 0) is 77.0 Å². The number of nitrogens with zero attached hydrogens (tertiary/aromatic N) is 3. The number of hydrogen-bond acceptors (Lipinski definition) is 6. The van der Waals surface area contributed by atoms with Crippen LogP contribution in [0.1, 0.15) is 47.0 Å². The Hall–Kier alpha value is -2.88. The molecule has 0 unspecified atom stereocenters. The second-order valence-electron chi connectivity index (χ2n) is 9.02. The minimum absolute atomic E-state index is 0.0408. The molecule has 0 spiro atoms. The number of aromatic nitrogens is 3. The molecule has 0 saturated carbocycles. The van der Waals surface area contributed by atoms with Gasteiger partial charge in [0.2, 0.25) is 5.91 Å². The lowest BCUT2D eigenvalue weighted by atomic mass is 10.1.